The molecule has 0 saturated heterocycles. The van der Waals surface area contributed by atoms with Crippen LogP contribution in [0.3, 0.4) is 0 Å². The summed E-state index contributed by atoms with van der Waals surface area (Å²) in [5.74, 6) is -2.77. The number of hydrogen-bond acceptors (Lipinski definition) is 7. The van der Waals surface area contributed by atoms with Crippen molar-refractivity contribution in [2.24, 2.45) is 34.5 Å². The van der Waals surface area contributed by atoms with E-state index in [4.69, 9.17) is 9.47 Å². The molecular weight excluding hydrogens is 376 g/mol. The van der Waals surface area contributed by atoms with Crippen molar-refractivity contribution in [1.29, 1.82) is 0 Å². The van der Waals surface area contributed by atoms with Crippen LogP contribution in [0.15, 0.2) is 11.6 Å². The topological polar surface area (TPSA) is 110 Å². The minimum atomic E-state index is -1.37. The van der Waals surface area contributed by atoms with Gasteiger partial charge >= 0.3 is 11.9 Å². The number of carbonyl (C=O) groups excluding carboxylic acids is 3. The highest BCUT2D eigenvalue weighted by Gasteiger charge is 2.68. The van der Waals surface area contributed by atoms with E-state index in [0.29, 0.717) is 25.7 Å². The predicted octanol–water partition coefficient (Wildman–Crippen LogP) is 1.65. The summed E-state index contributed by atoms with van der Waals surface area (Å²) in [6.45, 7) is 5.55. The maximum absolute atomic E-state index is 13.3. The van der Waals surface area contributed by atoms with Gasteiger partial charge in [0.05, 0.1) is 25.7 Å². The van der Waals surface area contributed by atoms with Crippen LogP contribution >= 0.6 is 0 Å². The molecule has 0 spiro atoms. The van der Waals surface area contributed by atoms with Crippen LogP contribution in [-0.4, -0.2) is 54.4 Å². The third-order valence-electron chi connectivity index (χ3n) is 8.22. The van der Waals surface area contributed by atoms with Crippen LogP contribution in [0.25, 0.3) is 0 Å². The number of allylic oxidation sites excluding steroid dienone is 1. The van der Waals surface area contributed by atoms with Crippen LogP contribution in [0.2, 0.25) is 0 Å². The van der Waals surface area contributed by atoms with Crippen molar-refractivity contribution in [1.82, 2.24) is 0 Å². The molecule has 8 atom stereocenters. The summed E-state index contributed by atoms with van der Waals surface area (Å²) in [5.41, 5.74) is -1.01. The number of rotatable bonds is 2. The second kappa shape index (κ2) is 7.51. The van der Waals surface area contributed by atoms with Gasteiger partial charge in [0.25, 0.3) is 0 Å². The Kier molecular flexibility index (Phi) is 5.69. The molecule has 3 fully saturated rings. The van der Waals surface area contributed by atoms with Gasteiger partial charge in [-0.25, -0.2) is 4.79 Å². The number of aliphatic hydroxyl groups is 2. The first-order chi connectivity index (χ1) is 13.5. The zero-order valence-electron chi connectivity index (χ0n) is 17.8. The second-order valence-electron chi connectivity index (χ2n) is 9.36. The Hall–Kier alpha value is -1.73. The van der Waals surface area contributed by atoms with Crippen molar-refractivity contribution in [3.63, 3.8) is 0 Å². The van der Waals surface area contributed by atoms with Crippen LogP contribution in [0.4, 0.5) is 0 Å². The molecule has 7 nitrogen and oxygen atoms in total. The van der Waals surface area contributed by atoms with E-state index in [1.807, 2.05) is 13.8 Å². The van der Waals surface area contributed by atoms with Gasteiger partial charge in [-0.15, -0.1) is 0 Å². The number of carbonyl (C=O) groups is 3. The number of Topliss-reactive ketones (excluding diaryl/α,β-unsaturated/α-hetero) is 1. The Balaban J connectivity index is 2.06. The molecule has 0 radical (unpaired) electrons. The summed E-state index contributed by atoms with van der Waals surface area (Å²) >= 11 is 0. The molecule has 162 valence electrons. The van der Waals surface area contributed by atoms with E-state index in [-0.39, 0.29) is 17.6 Å². The second-order valence-corrected chi connectivity index (χ2v) is 9.36. The smallest absolute Gasteiger partial charge is 0.330 e. The van der Waals surface area contributed by atoms with Crippen LogP contribution in [0, 0.1) is 34.5 Å². The van der Waals surface area contributed by atoms with Crippen LogP contribution in [0.1, 0.15) is 46.5 Å². The first kappa shape index (κ1) is 22.0. The fourth-order valence-corrected chi connectivity index (χ4v) is 6.65. The lowest BCUT2D eigenvalue weighted by atomic mass is 9.41. The van der Waals surface area contributed by atoms with E-state index in [0.717, 1.165) is 5.57 Å². The van der Waals surface area contributed by atoms with Gasteiger partial charge in [0, 0.05) is 17.9 Å². The highest BCUT2D eigenvalue weighted by atomic mass is 16.5. The van der Waals surface area contributed by atoms with E-state index in [1.165, 1.54) is 20.3 Å². The molecule has 0 aromatic carbocycles. The van der Waals surface area contributed by atoms with E-state index in [9.17, 15) is 24.6 Å². The fraction of sp³-hybridized carbons (Fsp3) is 0.773. The monoisotopic (exact) mass is 408 g/mol. The highest BCUT2D eigenvalue weighted by Crippen LogP contribution is 2.64. The Morgan fingerprint density at radius 1 is 1.14 bits per heavy atom. The summed E-state index contributed by atoms with van der Waals surface area (Å²) in [7, 11) is 2.58. The summed E-state index contributed by atoms with van der Waals surface area (Å²) in [5, 5.41) is 21.8. The zero-order valence-corrected chi connectivity index (χ0v) is 17.8. The van der Waals surface area contributed by atoms with Gasteiger partial charge in [0.15, 0.2) is 5.78 Å². The van der Waals surface area contributed by atoms with Crippen LogP contribution in [-0.2, 0) is 23.9 Å². The van der Waals surface area contributed by atoms with Gasteiger partial charge in [0.2, 0.25) is 0 Å². The molecule has 0 amide bonds. The molecule has 0 heterocycles. The van der Waals surface area contributed by atoms with Crippen molar-refractivity contribution in [3.05, 3.63) is 11.6 Å². The Labute approximate surface area is 171 Å². The highest BCUT2D eigenvalue weighted by molar-refractivity contribution is 5.90. The van der Waals surface area contributed by atoms with E-state index >= 15 is 0 Å². The maximum Gasteiger partial charge on any atom is 0.330 e. The van der Waals surface area contributed by atoms with E-state index in [1.54, 1.807) is 6.92 Å². The van der Waals surface area contributed by atoms with Gasteiger partial charge in [-0.05, 0) is 49.9 Å². The lowest BCUT2D eigenvalue weighted by Gasteiger charge is -2.62. The van der Waals surface area contributed by atoms with E-state index < -0.39 is 46.8 Å². The quantitative estimate of drug-likeness (QED) is 0.528. The number of ether oxygens (including phenoxy) is 2. The Morgan fingerprint density at radius 2 is 1.79 bits per heavy atom. The third-order valence-corrected chi connectivity index (χ3v) is 8.22. The average Bonchev–Trinajstić information content (AvgIpc) is 2.70. The summed E-state index contributed by atoms with van der Waals surface area (Å²) < 4.78 is 9.73. The number of methoxy groups -OCH3 is 2. The third kappa shape index (κ3) is 3.05. The minimum Gasteiger partial charge on any atom is -0.469 e. The molecular formula is C22H32O7. The Bertz CT molecular complexity index is 743. The summed E-state index contributed by atoms with van der Waals surface area (Å²) in [6.07, 6.45) is 1.44. The van der Waals surface area contributed by atoms with Crippen molar-refractivity contribution < 1.29 is 34.1 Å². The standard InChI is InChI=1S/C22H32O7/c1-11-12(10-15(24)28-4)6-7-13-16(11)17(25)18(26)19-21(13,2)9-8-14(23)22(19,3)20(27)29-5/h10-11,13-14,16,18-19,23,26H,6-9H2,1-5H3/b12-10+/t11-,13-,14-,16-,18-,19+,21+,22-/m0/s1. The molecule has 3 rings (SSSR count). The van der Waals surface area contributed by atoms with Gasteiger partial charge in [-0.3, -0.25) is 9.59 Å². The van der Waals surface area contributed by atoms with Crippen molar-refractivity contribution >= 4 is 17.7 Å². The van der Waals surface area contributed by atoms with Gasteiger partial charge in [-0.2, -0.15) is 0 Å². The largest absolute Gasteiger partial charge is 0.469 e. The van der Waals surface area contributed by atoms with Crippen molar-refractivity contribution in [2.75, 3.05) is 14.2 Å². The normalized spacial score (nSPS) is 45.9. The Morgan fingerprint density at radius 3 is 2.38 bits per heavy atom. The van der Waals surface area contributed by atoms with Gasteiger partial charge in [0.1, 0.15) is 6.10 Å². The molecule has 29 heavy (non-hydrogen) atoms. The molecule has 3 aliphatic carbocycles. The molecule has 3 aliphatic rings. The molecule has 0 unspecified atom stereocenters. The molecule has 3 saturated carbocycles. The lowest BCUT2D eigenvalue weighted by Crippen LogP contribution is -2.68. The van der Waals surface area contributed by atoms with Crippen LogP contribution in [0.5, 0.6) is 0 Å². The first-order valence-electron chi connectivity index (χ1n) is 10.3. The molecule has 0 aromatic rings. The predicted molar refractivity (Wildman–Crippen MR) is 103 cm³/mol. The van der Waals surface area contributed by atoms with Crippen molar-refractivity contribution in [2.45, 2.75) is 58.7 Å². The number of ketones is 1. The summed E-state index contributed by atoms with van der Waals surface area (Å²) in [4.78, 5) is 37.8. The van der Waals surface area contributed by atoms with Crippen LogP contribution < -0.4 is 0 Å². The fourth-order valence-electron chi connectivity index (χ4n) is 6.65. The minimum absolute atomic E-state index is 0.0512. The van der Waals surface area contributed by atoms with Gasteiger partial charge < -0.3 is 19.7 Å². The SMILES string of the molecule is COC(=O)/C=C1\CC[C@H]2[C@@H](C(=O)[C@H](O)[C@@H]3[C@]2(C)CC[C@H](O)[C@]3(C)C(=O)OC)[C@H]1C. The number of aliphatic hydroxyl groups excluding tert-OH is 2. The molecule has 0 aliphatic heterocycles. The molecule has 0 aromatic heterocycles. The van der Waals surface area contributed by atoms with Crippen molar-refractivity contribution in [3.8, 4) is 0 Å². The number of hydrogen-bond donors (Lipinski definition) is 2. The average molecular weight is 408 g/mol. The molecule has 0 bridgehead atoms. The summed E-state index contributed by atoms with van der Waals surface area (Å²) in [6, 6.07) is 0. The molecule has 7 heteroatoms. The zero-order chi connectivity index (χ0) is 21.7. The number of esters is 2. The number of fused-ring (bicyclic) bond motifs is 3. The maximum atomic E-state index is 13.3. The first-order valence-corrected chi connectivity index (χ1v) is 10.3. The molecule has 2 N–H and O–H groups in total. The lowest BCUT2D eigenvalue weighted by molar-refractivity contribution is -0.217. The van der Waals surface area contributed by atoms with E-state index in [2.05, 4.69) is 0 Å². The van der Waals surface area contributed by atoms with Gasteiger partial charge in [-0.1, -0.05) is 19.4 Å².